The van der Waals surface area contributed by atoms with Gasteiger partial charge < -0.3 is 10.4 Å². The molecule has 0 bridgehead atoms. The summed E-state index contributed by atoms with van der Waals surface area (Å²) in [7, 11) is -3.63. The van der Waals surface area contributed by atoms with Crippen LogP contribution in [0.25, 0.3) is 11.1 Å². The lowest BCUT2D eigenvalue weighted by Gasteiger charge is -2.12. The van der Waals surface area contributed by atoms with Crippen LogP contribution in [-0.2, 0) is 16.4 Å². The first-order valence-electron chi connectivity index (χ1n) is 7.89. The largest absolute Gasteiger partial charge is 0.395 e. The zero-order valence-corrected chi connectivity index (χ0v) is 14.5. The SMILES string of the molecule is CC1Cc2c(-c3ccc(S(=O)(=O)N[C@@H](C)CO)cc3)ccnc2N1. The van der Waals surface area contributed by atoms with Crippen molar-refractivity contribution in [1.82, 2.24) is 9.71 Å². The zero-order chi connectivity index (χ0) is 17.3. The number of sulfonamides is 1. The molecule has 3 rings (SSSR count). The molecule has 0 saturated heterocycles. The lowest BCUT2D eigenvalue weighted by atomic mass is 9.99. The van der Waals surface area contributed by atoms with E-state index in [0.29, 0.717) is 6.04 Å². The molecule has 128 valence electrons. The van der Waals surface area contributed by atoms with Gasteiger partial charge in [-0.25, -0.2) is 18.1 Å². The quantitative estimate of drug-likeness (QED) is 0.767. The third kappa shape index (κ3) is 3.28. The zero-order valence-electron chi connectivity index (χ0n) is 13.7. The van der Waals surface area contributed by atoms with E-state index in [2.05, 4.69) is 21.9 Å². The number of fused-ring (bicyclic) bond motifs is 1. The van der Waals surface area contributed by atoms with E-state index >= 15 is 0 Å². The third-order valence-corrected chi connectivity index (χ3v) is 5.66. The average Bonchev–Trinajstić information content (AvgIpc) is 2.94. The van der Waals surface area contributed by atoms with Crippen molar-refractivity contribution in [3.05, 3.63) is 42.1 Å². The summed E-state index contributed by atoms with van der Waals surface area (Å²) < 4.78 is 26.9. The normalized spacial score (nSPS) is 18.0. The molecule has 1 aliphatic heterocycles. The molecule has 2 atom stereocenters. The van der Waals surface area contributed by atoms with Crippen LogP contribution in [0.5, 0.6) is 0 Å². The van der Waals surface area contributed by atoms with Crippen molar-refractivity contribution in [3.63, 3.8) is 0 Å². The second-order valence-electron chi connectivity index (χ2n) is 6.16. The number of aliphatic hydroxyl groups excluding tert-OH is 1. The first-order valence-corrected chi connectivity index (χ1v) is 9.37. The Morgan fingerprint density at radius 1 is 1.33 bits per heavy atom. The van der Waals surface area contributed by atoms with Gasteiger partial charge in [0.25, 0.3) is 0 Å². The minimum absolute atomic E-state index is 0.184. The van der Waals surface area contributed by atoms with Crippen molar-refractivity contribution in [1.29, 1.82) is 0 Å². The van der Waals surface area contributed by atoms with Crippen molar-refractivity contribution >= 4 is 15.8 Å². The van der Waals surface area contributed by atoms with E-state index in [-0.39, 0.29) is 11.5 Å². The summed E-state index contributed by atoms with van der Waals surface area (Å²) in [5.74, 6) is 0.898. The number of nitrogens with zero attached hydrogens (tertiary/aromatic N) is 1. The molecule has 2 aromatic rings. The second kappa shape index (κ2) is 6.51. The van der Waals surface area contributed by atoms with Gasteiger partial charge >= 0.3 is 0 Å². The Bertz CT molecular complexity index is 835. The van der Waals surface area contributed by atoms with Crippen molar-refractivity contribution in [3.8, 4) is 11.1 Å². The Kier molecular flexibility index (Phi) is 4.58. The van der Waals surface area contributed by atoms with Crippen LogP contribution >= 0.6 is 0 Å². The number of nitrogens with one attached hydrogen (secondary N) is 2. The van der Waals surface area contributed by atoms with Crippen LogP contribution < -0.4 is 10.0 Å². The highest BCUT2D eigenvalue weighted by atomic mass is 32.2. The van der Waals surface area contributed by atoms with E-state index in [9.17, 15) is 8.42 Å². The highest BCUT2D eigenvalue weighted by Crippen LogP contribution is 2.33. The molecule has 7 heteroatoms. The fourth-order valence-corrected chi connectivity index (χ4v) is 4.10. The smallest absolute Gasteiger partial charge is 0.240 e. The molecule has 3 N–H and O–H groups in total. The summed E-state index contributed by atoms with van der Waals surface area (Å²) in [6.45, 7) is 3.47. The number of anilines is 1. The first-order chi connectivity index (χ1) is 11.4. The third-order valence-electron chi connectivity index (χ3n) is 4.06. The van der Waals surface area contributed by atoms with E-state index < -0.39 is 16.1 Å². The van der Waals surface area contributed by atoms with Crippen LogP contribution in [0.4, 0.5) is 5.82 Å². The molecule has 0 radical (unpaired) electrons. The van der Waals surface area contributed by atoms with Crippen molar-refractivity contribution in [2.24, 2.45) is 0 Å². The summed E-state index contributed by atoms with van der Waals surface area (Å²) >= 11 is 0. The fourth-order valence-electron chi connectivity index (χ4n) is 2.87. The van der Waals surface area contributed by atoms with Gasteiger partial charge in [0.05, 0.1) is 11.5 Å². The van der Waals surface area contributed by atoms with E-state index in [1.54, 1.807) is 37.4 Å². The maximum absolute atomic E-state index is 12.2. The Morgan fingerprint density at radius 3 is 2.71 bits per heavy atom. The number of hydrogen-bond acceptors (Lipinski definition) is 5. The average molecular weight is 347 g/mol. The Balaban J connectivity index is 1.90. The van der Waals surface area contributed by atoms with Gasteiger partial charge in [-0.2, -0.15) is 0 Å². The summed E-state index contributed by atoms with van der Waals surface area (Å²) in [6.07, 6.45) is 2.66. The Hall–Kier alpha value is -1.96. The van der Waals surface area contributed by atoms with Gasteiger partial charge in [-0.15, -0.1) is 0 Å². The van der Waals surface area contributed by atoms with Gasteiger partial charge in [-0.05, 0) is 49.6 Å². The van der Waals surface area contributed by atoms with E-state index in [1.807, 2.05) is 6.07 Å². The number of aromatic nitrogens is 1. The molecule has 0 saturated carbocycles. The number of hydrogen-bond donors (Lipinski definition) is 3. The fraction of sp³-hybridized carbons (Fsp3) is 0.353. The maximum atomic E-state index is 12.2. The molecule has 1 aromatic heterocycles. The summed E-state index contributed by atoms with van der Waals surface area (Å²) in [5, 5.41) is 12.3. The van der Waals surface area contributed by atoms with Crippen LogP contribution in [0, 0.1) is 0 Å². The molecule has 0 aliphatic carbocycles. The summed E-state index contributed by atoms with van der Waals surface area (Å²) in [5.41, 5.74) is 3.18. The topological polar surface area (TPSA) is 91.3 Å². The van der Waals surface area contributed by atoms with Crippen molar-refractivity contribution < 1.29 is 13.5 Å². The van der Waals surface area contributed by atoms with Crippen LogP contribution in [0.2, 0.25) is 0 Å². The highest BCUT2D eigenvalue weighted by Gasteiger charge is 2.22. The monoisotopic (exact) mass is 347 g/mol. The second-order valence-corrected chi connectivity index (χ2v) is 7.88. The van der Waals surface area contributed by atoms with Crippen LogP contribution in [0.15, 0.2) is 41.4 Å². The molecule has 0 fully saturated rings. The minimum Gasteiger partial charge on any atom is -0.395 e. The number of benzene rings is 1. The predicted molar refractivity (Wildman–Crippen MR) is 93.3 cm³/mol. The lowest BCUT2D eigenvalue weighted by molar-refractivity contribution is 0.265. The van der Waals surface area contributed by atoms with Crippen LogP contribution in [0.1, 0.15) is 19.4 Å². The predicted octanol–water partition coefficient (Wildman–Crippen LogP) is 1.76. The van der Waals surface area contributed by atoms with E-state index in [4.69, 9.17) is 5.11 Å². The number of aliphatic hydroxyl groups is 1. The lowest BCUT2D eigenvalue weighted by Crippen LogP contribution is -2.34. The Morgan fingerprint density at radius 2 is 2.04 bits per heavy atom. The van der Waals surface area contributed by atoms with Gasteiger partial charge in [-0.1, -0.05) is 12.1 Å². The van der Waals surface area contributed by atoms with Gasteiger partial charge in [0.2, 0.25) is 10.0 Å². The number of pyridine rings is 1. The van der Waals surface area contributed by atoms with Crippen molar-refractivity contribution in [2.45, 2.75) is 37.2 Å². The molecule has 1 unspecified atom stereocenters. The molecular formula is C17H21N3O3S. The van der Waals surface area contributed by atoms with Gasteiger partial charge in [-0.3, -0.25) is 0 Å². The van der Waals surface area contributed by atoms with Gasteiger partial charge in [0, 0.05) is 23.8 Å². The first kappa shape index (κ1) is 16.9. The van der Waals surface area contributed by atoms with E-state index in [1.165, 1.54) is 0 Å². The van der Waals surface area contributed by atoms with E-state index in [0.717, 1.165) is 28.9 Å². The molecule has 0 spiro atoms. The maximum Gasteiger partial charge on any atom is 0.240 e. The molecule has 1 aromatic carbocycles. The molecule has 6 nitrogen and oxygen atoms in total. The Labute approximate surface area is 142 Å². The standard InChI is InChI=1S/C17H21N3O3S/c1-11-9-16-15(7-8-18-17(16)19-11)13-3-5-14(6-4-13)24(22,23)20-12(2)10-21/h3-8,11-12,20-21H,9-10H2,1-2H3,(H,18,19)/t11?,12-/m0/s1. The van der Waals surface area contributed by atoms with Gasteiger partial charge in [0.15, 0.2) is 0 Å². The molecule has 1 aliphatic rings. The highest BCUT2D eigenvalue weighted by molar-refractivity contribution is 7.89. The summed E-state index contributed by atoms with van der Waals surface area (Å²) in [4.78, 5) is 4.54. The molecule has 0 amide bonds. The molecular weight excluding hydrogens is 326 g/mol. The van der Waals surface area contributed by atoms with Crippen LogP contribution in [0.3, 0.4) is 0 Å². The number of rotatable bonds is 5. The van der Waals surface area contributed by atoms with Gasteiger partial charge in [0.1, 0.15) is 5.82 Å². The molecule has 24 heavy (non-hydrogen) atoms. The molecule has 2 heterocycles. The summed E-state index contributed by atoms with van der Waals surface area (Å²) in [6, 6.07) is 8.55. The van der Waals surface area contributed by atoms with Crippen LogP contribution in [-0.4, -0.2) is 37.2 Å². The minimum atomic E-state index is -3.63. The van der Waals surface area contributed by atoms with Crippen molar-refractivity contribution in [2.75, 3.05) is 11.9 Å².